The molecular formula is C25H25ClN2OS. The maximum absolute atomic E-state index is 12.9. The van der Waals surface area contributed by atoms with Gasteiger partial charge in [-0.05, 0) is 67.9 Å². The van der Waals surface area contributed by atoms with E-state index in [4.69, 9.17) is 11.6 Å². The number of piperidine rings is 1. The SMILES string of the molecule is O=C(Nc1ccccc1Sc1ccccc1)C1CCN(Cc2cccc(Cl)c2)CC1. The van der Waals surface area contributed by atoms with Gasteiger partial charge in [0.15, 0.2) is 0 Å². The first-order valence-electron chi connectivity index (χ1n) is 10.3. The molecule has 1 aliphatic rings. The highest BCUT2D eigenvalue weighted by atomic mass is 35.5. The van der Waals surface area contributed by atoms with Crippen LogP contribution in [0, 0.1) is 5.92 Å². The highest BCUT2D eigenvalue weighted by molar-refractivity contribution is 7.99. The molecule has 0 saturated carbocycles. The van der Waals surface area contributed by atoms with Crippen LogP contribution in [0.25, 0.3) is 0 Å². The minimum atomic E-state index is 0.0513. The Morgan fingerprint density at radius 3 is 2.47 bits per heavy atom. The number of halogens is 1. The van der Waals surface area contributed by atoms with E-state index in [0.29, 0.717) is 0 Å². The molecular weight excluding hydrogens is 412 g/mol. The number of nitrogens with one attached hydrogen (secondary N) is 1. The molecule has 0 atom stereocenters. The average Bonchev–Trinajstić information content (AvgIpc) is 2.76. The Labute approximate surface area is 187 Å². The maximum Gasteiger partial charge on any atom is 0.227 e. The molecule has 0 radical (unpaired) electrons. The molecule has 1 saturated heterocycles. The van der Waals surface area contributed by atoms with Crippen molar-refractivity contribution in [3.63, 3.8) is 0 Å². The van der Waals surface area contributed by atoms with E-state index < -0.39 is 0 Å². The number of para-hydroxylation sites is 1. The molecule has 1 amide bonds. The van der Waals surface area contributed by atoms with E-state index in [2.05, 4.69) is 34.5 Å². The summed E-state index contributed by atoms with van der Waals surface area (Å²) in [4.78, 5) is 17.5. The lowest BCUT2D eigenvalue weighted by atomic mass is 9.95. The third-order valence-electron chi connectivity index (χ3n) is 5.37. The summed E-state index contributed by atoms with van der Waals surface area (Å²) in [5.74, 6) is 0.175. The van der Waals surface area contributed by atoms with Gasteiger partial charge in [0.25, 0.3) is 0 Å². The van der Waals surface area contributed by atoms with E-state index in [1.165, 1.54) is 5.56 Å². The van der Waals surface area contributed by atoms with Gasteiger partial charge in [0.05, 0.1) is 5.69 Å². The van der Waals surface area contributed by atoms with Gasteiger partial charge in [-0.3, -0.25) is 9.69 Å². The summed E-state index contributed by atoms with van der Waals surface area (Å²) in [6.45, 7) is 2.72. The number of benzene rings is 3. The molecule has 0 bridgehead atoms. The Morgan fingerprint density at radius 2 is 1.70 bits per heavy atom. The fourth-order valence-electron chi connectivity index (χ4n) is 3.76. The van der Waals surface area contributed by atoms with Crippen LogP contribution in [0.1, 0.15) is 18.4 Å². The first kappa shape index (κ1) is 21.0. The summed E-state index contributed by atoms with van der Waals surface area (Å²) in [6, 6.07) is 26.3. The molecule has 0 aliphatic carbocycles. The number of nitrogens with zero attached hydrogens (tertiary/aromatic N) is 1. The number of carbonyl (C=O) groups is 1. The first-order valence-corrected chi connectivity index (χ1v) is 11.5. The minimum absolute atomic E-state index is 0.0513. The summed E-state index contributed by atoms with van der Waals surface area (Å²) in [7, 11) is 0. The second kappa shape index (κ2) is 10.2. The van der Waals surface area contributed by atoms with Crippen molar-refractivity contribution in [2.75, 3.05) is 18.4 Å². The van der Waals surface area contributed by atoms with Gasteiger partial charge in [-0.25, -0.2) is 0 Å². The number of hydrogen-bond donors (Lipinski definition) is 1. The molecule has 3 aromatic rings. The van der Waals surface area contributed by atoms with Crippen molar-refractivity contribution in [2.24, 2.45) is 5.92 Å². The summed E-state index contributed by atoms with van der Waals surface area (Å²) in [6.07, 6.45) is 1.75. The lowest BCUT2D eigenvalue weighted by Gasteiger charge is -2.31. The van der Waals surface area contributed by atoms with Gasteiger partial charge in [-0.15, -0.1) is 0 Å². The van der Waals surface area contributed by atoms with E-state index in [1.54, 1.807) is 11.8 Å². The third-order valence-corrected chi connectivity index (χ3v) is 6.69. The zero-order valence-electron chi connectivity index (χ0n) is 16.8. The van der Waals surface area contributed by atoms with Crippen molar-refractivity contribution in [3.8, 4) is 0 Å². The van der Waals surface area contributed by atoms with Crippen molar-refractivity contribution < 1.29 is 4.79 Å². The molecule has 1 aliphatic heterocycles. The van der Waals surface area contributed by atoms with Gasteiger partial charge in [0.1, 0.15) is 0 Å². The Morgan fingerprint density at radius 1 is 0.967 bits per heavy atom. The van der Waals surface area contributed by atoms with Crippen LogP contribution >= 0.6 is 23.4 Å². The zero-order chi connectivity index (χ0) is 20.8. The molecule has 4 rings (SSSR count). The lowest BCUT2D eigenvalue weighted by molar-refractivity contribution is -0.121. The standard InChI is InChI=1S/C25H25ClN2OS/c26-21-8-6-7-19(17-21)18-28-15-13-20(14-16-28)25(29)27-23-11-4-5-12-24(23)30-22-9-2-1-3-10-22/h1-12,17,20H,13-16,18H2,(H,27,29). The van der Waals surface area contributed by atoms with Crippen LogP contribution in [0.2, 0.25) is 5.02 Å². The molecule has 1 fully saturated rings. The topological polar surface area (TPSA) is 32.3 Å². The maximum atomic E-state index is 12.9. The second-order valence-corrected chi connectivity index (χ2v) is 9.13. The average molecular weight is 437 g/mol. The largest absolute Gasteiger partial charge is 0.325 e. The molecule has 1 N–H and O–H groups in total. The van der Waals surface area contributed by atoms with Gasteiger partial charge in [0.2, 0.25) is 5.91 Å². The predicted molar refractivity (Wildman–Crippen MR) is 125 cm³/mol. The third kappa shape index (κ3) is 5.66. The van der Waals surface area contributed by atoms with Crippen molar-refractivity contribution in [3.05, 3.63) is 89.4 Å². The first-order chi connectivity index (χ1) is 14.7. The molecule has 3 nitrogen and oxygen atoms in total. The van der Waals surface area contributed by atoms with E-state index in [9.17, 15) is 4.79 Å². The van der Waals surface area contributed by atoms with Crippen molar-refractivity contribution in [1.82, 2.24) is 4.90 Å². The second-order valence-electron chi connectivity index (χ2n) is 7.58. The minimum Gasteiger partial charge on any atom is -0.325 e. The summed E-state index contributed by atoms with van der Waals surface area (Å²) < 4.78 is 0. The highest BCUT2D eigenvalue weighted by Crippen LogP contribution is 2.33. The molecule has 0 spiro atoms. The summed E-state index contributed by atoms with van der Waals surface area (Å²) in [5.41, 5.74) is 2.11. The van der Waals surface area contributed by atoms with Crippen LogP contribution in [0.15, 0.2) is 88.7 Å². The Hall–Kier alpha value is -2.27. The molecule has 1 heterocycles. The smallest absolute Gasteiger partial charge is 0.227 e. The van der Waals surface area contributed by atoms with E-state index in [0.717, 1.165) is 53.0 Å². The lowest BCUT2D eigenvalue weighted by Crippen LogP contribution is -2.37. The molecule has 0 aromatic heterocycles. The van der Waals surface area contributed by atoms with Crippen molar-refractivity contribution in [2.45, 2.75) is 29.2 Å². The van der Waals surface area contributed by atoms with Gasteiger partial charge in [-0.1, -0.05) is 65.8 Å². The Balaban J connectivity index is 1.33. The number of carbonyl (C=O) groups excluding carboxylic acids is 1. The van der Waals surface area contributed by atoms with Gasteiger partial charge >= 0.3 is 0 Å². The molecule has 5 heteroatoms. The molecule has 3 aromatic carbocycles. The Bertz CT molecular complexity index is 987. The quantitative estimate of drug-likeness (QED) is 0.489. The molecule has 0 unspecified atom stereocenters. The number of anilines is 1. The number of hydrogen-bond acceptors (Lipinski definition) is 3. The number of amides is 1. The fourth-order valence-corrected chi connectivity index (χ4v) is 4.89. The summed E-state index contributed by atoms with van der Waals surface area (Å²) >= 11 is 7.77. The highest BCUT2D eigenvalue weighted by Gasteiger charge is 2.25. The van der Waals surface area contributed by atoms with Gasteiger partial charge in [-0.2, -0.15) is 0 Å². The van der Waals surface area contributed by atoms with E-state index >= 15 is 0 Å². The van der Waals surface area contributed by atoms with Crippen LogP contribution in [0.3, 0.4) is 0 Å². The van der Waals surface area contributed by atoms with E-state index in [-0.39, 0.29) is 11.8 Å². The summed E-state index contributed by atoms with van der Waals surface area (Å²) in [5, 5.41) is 3.95. The fraction of sp³-hybridized carbons (Fsp3) is 0.240. The number of likely N-dealkylation sites (tertiary alicyclic amines) is 1. The van der Waals surface area contributed by atoms with Gasteiger partial charge < -0.3 is 5.32 Å². The van der Waals surface area contributed by atoms with Crippen molar-refractivity contribution in [1.29, 1.82) is 0 Å². The normalized spacial score (nSPS) is 15.1. The van der Waals surface area contributed by atoms with Crippen LogP contribution in [0.5, 0.6) is 0 Å². The van der Waals surface area contributed by atoms with Gasteiger partial charge in [0, 0.05) is 27.3 Å². The van der Waals surface area contributed by atoms with Crippen LogP contribution < -0.4 is 5.32 Å². The Kier molecular flexibility index (Phi) is 7.11. The van der Waals surface area contributed by atoms with E-state index in [1.807, 2.05) is 54.6 Å². The van der Waals surface area contributed by atoms with Crippen LogP contribution in [-0.2, 0) is 11.3 Å². The van der Waals surface area contributed by atoms with Crippen molar-refractivity contribution >= 4 is 35.0 Å². The number of rotatable bonds is 6. The molecule has 30 heavy (non-hydrogen) atoms. The van der Waals surface area contributed by atoms with Crippen LogP contribution in [-0.4, -0.2) is 23.9 Å². The molecule has 154 valence electrons. The zero-order valence-corrected chi connectivity index (χ0v) is 18.3. The predicted octanol–water partition coefficient (Wildman–Crippen LogP) is 6.34. The van der Waals surface area contributed by atoms with Crippen LogP contribution in [0.4, 0.5) is 5.69 Å². The monoisotopic (exact) mass is 436 g/mol.